The normalized spacial score (nSPS) is 18.6. The molecule has 1 saturated heterocycles. The van der Waals surface area contributed by atoms with Crippen molar-refractivity contribution < 1.29 is 23.5 Å². The summed E-state index contributed by atoms with van der Waals surface area (Å²) in [5.74, 6) is -0.00930. The molecule has 0 bridgehead atoms. The van der Waals surface area contributed by atoms with Gasteiger partial charge in [0.25, 0.3) is 11.8 Å². The summed E-state index contributed by atoms with van der Waals surface area (Å²) in [7, 11) is 3.22. The molecule has 2 N–H and O–H groups in total. The highest BCUT2D eigenvalue weighted by atomic mass is 35.5. The van der Waals surface area contributed by atoms with E-state index in [1.807, 2.05) is 6.92 Å². The summed E-state index contributed by atoms with van der Waals surface area (Å²) in [5, 5.41) is 6.31. The molecule has 2 aliphatic rings. The zero-order valence-corrected chi connectivity index (χ0v) is 33.5. The third-order valence-corrected chi connectivity index (χ3v) is 12.2. The van der Waals surface area contributed by atoms with Gasteiger partial charge in [0.2, 0.25) is 11.8 Å². The van der Waals surface area contributed by atoms with Gasteiger partial charge in [-0.1, -0.05) is 63.6 Å². The van der Waals surface area contributed by atoms with Crippen LogP contribution in [0, 0.1) is 18.7 Å². The van der Waals surface area contributed by atoms with Crippen LogP contribution in [0.15, 0.2) is 60.3 Å². The molecular weight excluding hydrogens is 703 g/mol. The molecule has 1 aliphatic heterocycles. The van der Waals surface area contributed by atoms with E-state index < -0.39 is 17.6 Å². The minimum Gasteiger partial charge on any atom is -0.481 e. The largest absolute Gasteiger partial charge is 0.481 e. The minimum absolute atomic E-state index is 0.0313. The molecule has 54 heavy (non-hydrogen) atoms. The van der Waals surface area contributed by atoms with Crippen molar-refractivity contribution in [2.24, 2.45) is 5.92 Å². The van der Waals surface area contributed by atoms with Crippen molar-refractivity contribution in [3.63, 3.8) is 0 Å². The van der Waals surface area contributed by atoms with E-state index in [2.05, 4.69) is 37.1 Å². The minimum atomic E-state index is -0.580. The lowest BCUT2D eigenvalue weighted by molar-refractivity contribution is -0.127. The van der Waals surface area contributed by atoms with Gasteiger partial charge >= 0.3 is 0 Å². The lowest BCUT2D eigenvalue weighted by Crippen LogP contribution is -2.41. The Morgan fingerprint density at radius 3 is 2.59 bits per heavy atom. The fourth-order valence-electron chi connectivity index (χ4n) is 8.15. The molecule has 0 radical (unpaired) electrons. The van der Waals surface area contributed by atoms with E-state index >= 15 is 4.39 Å². The molecule has 2 heterocycles. The summed E-state index contributed by atoms with van der Waals surface area (Å²) in [6.45, 7) is 13.6. The van der Waals surface area contributed by atoms with E-state index in [0.29, 0.717) is 64.3 Å². The molecule has 5 rings (SSSR count). The number of methoxy groups -OCH3 is 1. The number of rotatable bonds is 15. The predicted molar refractivity (Wildman–Crippen MR) is 215 cm³/mol. The van der Waals surface area contributed by atoms with Crippen LogP contribution in [0.2, 0.25) is 5.02 Å². The first-order valence-corrected chi connectivity index (χ1v) is 19.6. The van der Waals surface area contributed by atoms with E-state index in [9.17, 15) is 14.4 Å². The van der Waals surface area contributed by atoms with Crippen molar-refractivity contribution in [2.45, 2.75) is 110 Å². The predicted octanol–water partition coefficient (Wildman–Crippen LogP) is 10.1. The molecule has 1 fully saturated rings. The number of ether oxygens (including phenoxy) is 1. The topological polar surface area (TPSA) is 101 Å². The highest BCUT2D eigenvalue weighted by molar-refractivity contribution is 6.36. The first-order valence-electron chi connectivity index (χ1n) is 19.2. The number of nitrogens with one attached hydrogen (secondary N) is 2. The summed E-state index contributed by atoms with van der Waals surface area (Å²) < 4.78 is 21.7. The molecule has 0 spiro atoms. The number of anilines is 1. The molecule has 3 atom stereocenters. The zero-order chi connectivity index (χ0) is 39.3. The van der Waals surface area contributed by atoms with Crippen LogP contribution in [0.5, 0.6) is 5.88 Å². The number of aromatic nitrogens is 1. The average Bonchev–Trinajstić information content (AvgIpc) is 3.76. The molecule has 2 unspecified atom stereocenters. The number of allylic oxidation sites excluding steroid dienone is 2. The van der Waals surface area contributed by atoms with Crippen LogP contribution in [0.4, 0.5) is 10.1 Å². The Balaban J connectivity index is 1.41. The number of fused-ring (bicyclic) bond motifs is 1. The number of likely N-dealkylation sites (N-methyl/N-ethyl adjacent to an activating group) is 1. The molecule has 1 aromatic heterocycles. The quantitative estimate of drug-likeness (QED) is 0.0914. The fraction of sp³-hybridized carbons (Fsp3) is 0.455. The number of hydrogen-bond donors (Lipinski definition) is 2. The SMILES string of the molecule is C=C(CC)N(C)C(=O)/C(=C\C)C(=O)Nc1cccc(-c2c(F)ccc(-c3cc4c(c(OC)n3)C(CC(CC)CC[C@]3(CC)CCC(=O)N3)CC4)c2Cl)c1C. The Bertz CT molecular complexity index is 1980. The summed E-state index contributed by atoms with van der Waals surface area (Å²) >= 11 is 7.09. The lowest BCUT2D eigenvalue weighted by Gasteiger charge is -2.30. The van der Waals surface area contributed by atoms with E-state index in [1.165, 1.54) is 17.0 Å². The monoisotopic (exact) mass is 756 g/mol. The maximum absolute atomic E-state index is 15.8. The van der Waals surface area contributed by atoms with Gasteiger partial charge in [-0.15, -0.1) is 0 Å². The van der Waals surface area contributed by atoms with Gasteiger partial charge in [-0.25, -0.2) is 9.37 Å². The van der Waals surface area contributed by atoms with Crippen LogP contribution < -0.4 is 15.4 Å². The van der Waals surface area contributed by atoms with Crippen molar-refractivity contribution >= 4 is 35.0 Å². The number of carbonyl (C=O) groups is 3. The van der Waals surface area contributed by atoms with Crippen LogP contribution >= 0.6 is 11.6 Å². The Labute approximate surface area is 324 Å². The fourth-order valence-corrected chi connectivity index (χ4v) is 8.50. The van der Waals surface area contributed by atoms with Crippen molar-refractivity contribution in [1.82, 2.24) is 15.2 Å². The van der Waals surface area contributed by atoms with Gasteiger partial charge in [0.15, 0.2) is 0 Å². The maximum atomic E-state index is 15.8. The van der Waals surface area contributed by atoms with Crippen molar-refractivity contribution in [3.8, 4) is 28.3 Å². The van der Waals surface area contributed by atoms with Crippen molar-refractivity contribution in [3.05, 3.63) is 87.9 Å². The van der Waals surface area contributed by atoms with E-state index in [-0.39, 0.29) is 27.6 Å². The zero-order valence-electron chi connectivity index (χ0n) is 32.8. The first kappa shape index (κ1) is 40.7. The van der Waals surface area contributed by atoms with Gasteiger partial charge in [-0.3, -0.25) is 14.4 Å². The molecular formula is C44H54ClFN4O4. The third-order valence-electron chi connectivity index (χ3n) is 11.8. The number of pyridine rings is 1. The number of nitrogens with zero attached hydrogens (tertiary/aromatic N) is 2. The van der Waals surface area contributed by atoms with E-state index in [1.54, 1.807) is 52.3 Å². The molecule has 0 saturated carbocycles. The Morgan fingerprint density at radius 1 is 1.20 bits per heavy atom. The first-order chi connectivity index (χ1) is 25.8. The number of hydrogen-bond acceptors (Lipinski definition) is 5. The summed E-state index contributed by atoms with van der Waals surface area (Å²) in [6.07, 6.45) is 10.5. The van der Waals surface area contributed by atoms with Gasteiger partial charge in [0.1, 0.15) is 11.4 Å². The molecule has 8 nitrogen and oxygen atoms in total. The molecule has 3 amide bonds. The van der Waals surface area contributed by atoms with Gasteiger partial charge in [0.05, 0.1) is 17.8 Å². The summed E-state index contributed by atoms with van der Waals surface area (Å²) in [4.78, 5) is 44.8. The molecule has 3 aromatic rings. The van der Waals surface area contributed by atoms with Crippen LogP contribution in [0.1, 0.15) is 108 Å². The van der Waals surface area contributed by atoms with Crippen LogP contribution in [0.25, 0.3) is 22.4 Å². The number of amides is 3. The van der Waals surface area contributed by atoms with Gasteiger partial charge in [-0.05, 0) is 118 Å². The summed E-state index contributed by atoms with van der Waals surface area (Å²) in [6, 6.07) is 10.3. The lowest BCUT2D eigenvalue weighted by atomic mass is 9.81. The Hall–Kier alpha value is -4.50. The molecule has 1 aliphatic carbocycles. The van der Waals surface area contributed by atoms with Gasteiger partial charge in [0, 0.05) is 47.1 Å². The number of halogens is 2. The third kappa shape index (κ3) is 8.26. The van der Waals surface area contributed by atoms with Gasteiger partial charge in [-0.2, -0.15) is 0 Å². The van der Waals surface area contributed by atoms with Gasteiger partial charge < -0.3 is 20.3 Å². The maximum Gasteiger partial charge on any atom is 0.262 e. The Kier molecular flexibility index (Phi) is 13.0. The second-order valence-electron chi connectivity index (χ2n) is 14.8. The number of carbonyl (C=O) groups excluding carboxylic acids is 3. The number of benzene rings is 2. The van der Waals surface area contributed by atoms with Crippen LogP contribution in [-0.2, 0) is 20.8 Å². The van der Waals surface area contributed by atoms with E-state index in [0.717, 1.165) is 62.5 Å². The van der Waals surface area contributed by atoms with Crippen LogP contribution in [0.3, 0.4) is 0 Å². The highest BCUT2D eigenvalue weighted by Gasteiger charge is 2.37. The average molecular weight is 757 g/mol. The molecule has 10 heteroatoms. The van der Waals surface area contributed by atoms with Crippen molar-refractivity contribution in [2.75, 3.05) is 19.5 Å². The molecule has 288 valence electrons. The van der Waals surface area contributed by atoms with Crippen molar-refractivity contribution in [1.29, 1.82) is 0 Å². The highest BCUT2D eigenvalue weighted by Crippen LogP contribution is 2.47. The second-order valence-corrected chi connectivity index (χ2v) is 15.1. The second kappa shape index (κ2) is 17.3. The Morgan fingerprint density at radius 2 is 1.96 bits per heavy atom. The summed E-state index contributed by atoms with van der Waals surface area (Å²) in [5.41, 5.74) is 5.66. The standard InChI is InChI=1S/C44H54ClFN4O4/c1-9-26(5)50(7)43(53)31(11-3)41(52)47-35-15-13-14-32(27(35)6)39-34(46)19-18-33(40(39)45)36-25-30-17-16-29(38(30)42(48-36)54-8)24-28(10-2)20-22-44(12-4)23-21-37(51)49-44/h11,13-15,18-19,25,28-29H,5,9-10,12,16-17,20-24H2,1-4,6-8H3,(H,47,52)(H,49,51)/b31-11-/t28?,29?,44-/m1/s1. The van der Waals surface area contributed by atoms with Crippen LogP contribution in [-0.4, -0.2) is 47.3 Å². The number of aryl methyl sites for hydroxylation is 1. The smallest absolute Gasteiger partial charge is 0.262 e. The van der Waals surface area contributed by atoms with E-state index in [4.69, 9.17) is 21.3 Å². The molecule has 2 aromatic carbocycles.